The maximum atomic E-state index is 3.28. The van der Waals surface area contributed by atoms with Crippen molar-refractivity contribution in [3.63, 3.8) is 0 Å². The molecule has 23 heavy (non-hydrogen) atoms. The molecule has 3 rings (SSSR count). The van der Waals surface area contributed by atoms with Crippen molar-refractivity contribution in [1.82, 2.24) is 0 Å². The van der Waals surface area contributed by atoms with Crippen molar-refractivity contribution in [3.05, 3.63) is 82.9 Å². The summed E-state index contributed by atoms with van der Waals surface area (Å²) in [6, 6.07) is 21.7. The molecule has 0 spiro atoms. The molecular formula is C23H22. The maximum absolute atomic E-state index is 3.28. The number of hydrogen-bond acceptors (Lipinski definition) is 0. The van der Waals surface area contributed by atoms with Gasteiger partial charge in [0, 0.05) is 11.1 Å². The third-order valence-corrected chi connectivity index (χ3v) is 4.16. The molecule has 0 heteroatoms. The standard InChI is InChI=1S/C23H22/c1-3-5-20-12-14-23-17-21(13-15-22(23)16-20)11-10-19-8-6-18(4-2)7-9-19/h6-9,12-17H,3-5H2,1-2H3. The summed E-state index contributed by atoms with van der Waals surface area (Å²) < 4.78 is 0. The molecule has 0 atom stereocenters. The highest BCUT2D eigenvalue weighted by Gasteiger charge is 1.97. The number of aryl methyl sites for hydroxylation is 2. The Hall–Kier alpha value is -2.52. The molecule has 3 aromatic rings. The first-order valence-electron chi connectivity index (χ1n) is 8.42. The smallest absolute Gasteiger partial charge is 0.0255 e. The van der Waals surface area contributed by atoms with Gasteiger partial charge in [0.1, 0.15) is 0 Å². The van der Waals surface area contributed by atoms with Gasteiger partial charge in [0.2, 0.25) is 0 Å². The number of fused-ring (bicyclic) bond motifs is 1. The Morgan fingerprint density at radius 2 is 1.26 bits per heavy atom. The highest BCUT2D eigenvalue weighted by atomic mass is 14.0. The Kier molecular flexibility index (Phi) is 4.79. The Bertz CT molecular complexity index is 858. The van der Waals surface area contributed by atoms with E-state index in [-0.39, 0.29) is 0 Å². The van der Waals surface area contributed by atoms with Gasteiger partial charge in [0.25, 0.3) is 0 Å². The summed E-state index contributed by atoms with van der Waals surface area (Å²) in [6.45, 7) is 4.39. The predicted octanol–water partition coefficient (Wildman–Crippen LogP) is 5.75. The minimum Gasteiger partial charge on any atom is -0.0651 e. The number of rotatable bonds is 3. The van der Waals surface area contributed by atoms with Crippen molar-refractivity contribution >= 4 is 10.8 Å². The highest BCUT2D eigenvalue weighted by molar-refractivity contribution is 5.84. The van der Waals surface area contributed by atoms with Crippen molar-refractivity contribution in [2.75, 3.05) is 0 Å². The quantitative estimate of drug-likeness (QED) is 0.540. The summed E-state index contributed by atoms with van der Waals surface area (Å²) in [5, 5.41) is 2.56. The first kappa shape index (κ1) is 15.4. The lowest BCUT2D eigenvalue weighted by Gasteiger charge is -2.03. The van der Waals surface area contributed by atoms with Gasteiger partial charge in [-0.3, -0.25) is 0 Å². The van der Waals surface area contributed by atoms with Crippen LogP contribution in [0.3, 0.4) is 0 Å². The van der Waals surface area contributed by atoms with Gasteiger partial charge in [-0.05, 0) is 59.0 Å². The summed E-state index contributed by atoms with van der Waals surface area (Å²) in [7, 11) is 0. The van der Waals surface area contributed by atoms with Gasteiger partial charge in [-0.2, -0.15) is 0 Å². The zero-order valence-electron chi connectivity index (χ0n) is 13.9. The Labute approximate surface area is 139 Å². The molecule has 0 unspecified atom stereocenters. The summed E-state index contributed by atoms with van der Waals surface area (Å²) in [6.07, 6.45) is 3.40. The first-order valence-corrected chi connectivity index (χ1v) is 8.42. The molecule has 0 amide bonds. The van der Waals surface area contributed by atoms with Crippen molar-refractivity contribution in [2.24, 2.45) is 0 Å². The van der Waals surface area contributed by atoms with E-state index in [1.807, 2.05) is 0 Å². The van der Waals surface area contributed by atoms with Crippen LogP contribution in [0.15, 0.2) is 60.7 Å². The average Bonchev–Trinajstić information content (AvgIpc) is 2.60. The molecule has 0 aliphatic heterocycles. The lowest BCUT2D eigenvalue weighted by molar-refractivity contribution is 0.924. The van der Waals surface area contributed by atoms with Gasteiger partial charge in [0.05, 0.1) is 0 Å². The molecule has 114 valence electrons. The fraction of sp³-hybridized carbons (Fsp3) is 0.217. The van der Waals surface area contributed by atoms with E-state index < -0.39 is 0 Å². The zero-order chi connectivity index (χ0) is 16.1. The van der Waals surface area contributed by atoms with Crippen LogP contribution in [0, 0.1) is 11.8 Å². The van der Waals surface area contributed by atoms with Crippen LogP contribution in [0.1, 0.15) is 42.5 Å². The van der Waals surface area contributed by atoms with Crippen LogP contribution in [-0.2, 0) is 12.8 Å². The minimum absolute atomic E-state index is 1.07. The number of hydrogen-bond donors (Lipinski definition) is 0. The maximum Gasteiger partial charge on any atom is 0.0255 e. The molecule has 0 heterocycles. The Morgan fingerprint density at radius 3 is 2.00 bits per heavy atom. The van der Waals surface area contributed by atoms with Crippen LogP contribution < -0.4 is 0 Å². The van der Waals surface area contributed by atoms with Crippen molar-refractivity contribution in [2.45, 2.75) is 33.1 Å². The third kappa shape index (κ3) is 3.82. The highest BCUT2D eigenvalue weighted by Crippen LogP contribution is 2.18. The van der Waals surface area contributed by atoms with E-state index in [0.29, 0.717) is 0 Å². The first-order chi connectivity index (χ1) is 11.3. The molecular weight excluding hydrogens is 276 g/mol. The van der Waals surface area contributed by atoms with Gasteiger partial charge >= 0.3 is 0 Å². The SMILES string of the molecule is CCCc1ccc2cc(C#Cc3ccc(CC)cc3)ccc2c1. The summed E-state index contributed by atoms with van der Waals surface area (Å²) >= 11 is 0. The molecule has 0 aromatic heterocycles. The monoisotopic (exact) mass is 298 g/mol. The molecule has 0 aliphatic rings. The molecule has 0 bridgehead atoms. The van der Waals surface area contributed by atoms with E-state index in [1.165, 1.54) is 28.3 Å². The average molecular weight is 298 g/mol. The zero-order valence-corrected chi connectivity index (χ0v) is 13.9. The van der Waals surface area contributed by atoms with Crippen LogP contribution in [0.5, 0.6) is 0 Å². The lowest BCUT2D eigenvalue weighted by atomic mass is 10.0. The van der Waals surface area contributed by atoms with E-state index >= 15 is 0 Å². The molecule has 0 fully saturated rings. The summed E-state index contributed by atoms with van der Waals surface area (Å²) in [4.78, 5) is 0. The van der Waals surface area contributed by atoms with Crippen LogP contribution in [0.4, 0.5) is 0 Å². The second-order valence-electron chi connectivity index (χ2n) is 5.95. The molecule has 0 saturated carbocycles. The van der Waals surface area contributed by atoms with Crippen LogP contribution in [0.25, 0.3) is 10.8 Å². The number of benzene rings is 3. The van der Waals surface area contributed by atoms with Crippen LogP contribution in [0.2, 0.25) is 0 Å². The molecule has 0 radical (unpaired) electrons. The Morgan fingerprint density at radius 1 is 0.652 bits per heavy atom. The van der Waals surface area contributed by atoms with Crippen LogP contribution in [-0.4, -0.2) is 0 Å². The topological polar surface area (TPSA) is 0 Å². The van der Waals surface area contributed by atoms with Gasteiger partial charge in [-0.1, -0.05) is 68.5 Å². The normalized spacial score (nSPS) is 10.3. The van der Waals surface area contributed by atoms with Crippen molar-refractivity contribution in [3.8, 4) is 11.8 Å². The van der Waals surface area contributed by atoms with E-state index in [0.717, 1.165) is 24.0 Å². The van der Waals surface area contributed by atoms with Crippen molar-refractivity contribution in [1.29, 1.82) is 0 Å². The largest absolute Gasteiger partial charge is 0.0651 e. The second kappa shape index (κ2) is 7.16. The summed E-state index contributed by atoms with van der Waals surface area (Å²) in [5.41, 5.74) is 4.90. The van der Waals surface area contributed by atoms with E-state index in [2.05, 4.69) is 86.4 Å². The van der Waals surface area contributed by atoms with E-state index in [4.69, 9.17) is 0 Å². The fourth-order valence-electron chi connectivity index (χ4n) is 2.79. The van der Waals surface area contributed by atoms with Crippen molar-refractivity contribution < 1.29 is 0 Å². The second-order valence-corrected chi connectivity index (χ2v) is 5.95. The minimum atomic E-state index is 1.07. The molecule has 3 aromatic carbocycles. The fourth-order valence-corrected chi connectivity index (χ4v) is 2.79. The Balaban J connectivity index is 1.86. The molecule has 0 N–H and O–H groups in total. The molecule has 0 aliphatic carbocycles. The lowest BCUT2D eigenvalue weighted by Crippen LogP contribution is -1.84. The predicted molar refractivity (Wildman–Crippen MR) is 99.7 cm³/mol. The third-order valence-electron chi connectivity index (χ3n) is 4.16. The van der Waals surface area contributed by atoms with E-state index in [9.17, 15) is 0 Å². The summed E-state index contributed by atoms with van der Waals surface area (Å²) in [5.74, 6) is 6.54. The van der Waals surface area contributed by atoms with Gasteiger partial charge in [0.15, 0.2) is 0 Å². The van der Waals surface area contributed by atoms with Crippen LogP contribution >= 0.6 is 0 Å². The van der Waals surface area contributed by atoms with Gasteiger partial charge in [-0.15, -0.1) is 0 Å². The molecule has 0 saturated heterocycles. The molecule has 0 nitrogen and oxygen atoms in total. The van der Waals surface area contributed by atoms with Gasteiger partial charge < -0.3 is 0 Å². The van der Waals surface area contributed by atoms with E-state index in [1.54, 1.807) is 0 Å². The van der Waals surface area contributed by atoms with Gasteiger partial charge in [-0.25, -0.2) is 0 Å².